The highest BCUT2D eigenvalue weighted by atomic mass is 32.1. The van der Waals surface area contributed by atoms with Crippen LogP contribution in [0.3, 0.4) is 0 Å². The molecule has 140 valence electrons. The minimum Gasteiger partial charge on any atom is -0.390 e. The zero-order valence-corrected chi connectivity index (χ0v) is 15.3. The molecular formula is C17H20F2N4O2S. The summed E-state index contributed by atoms with van der Waals surface area (Å²) >= 11 is 1.22. The van der Waals surface area contributed by atoms with Gasteiger partial charge in [0.05, 0.1) is 24.0 Å². The maximum Gasteiger partial charge on any atom is 0.269 e. The summed E-state index contributed by atoms with van der Waals surface area (Å²) < 4.78 is 28.9. The molecule has 0 bridgehead atoms. The first-order valence-corrected chi connectivity index (χ1v) is 9.25. The molecule has 9 heteroatoms. The Kier molecular flexibility index (Phi) is 3.85. The molecule has 1 amide bonds. The van der Waals surface area contributed by atoms with Gasteiger partial charge in [-0.15, -0.1) is 11.3 Å². The van der Waals surface area contributed by atoms with Gasteiger partial charge in [0.25, 0.3) is 11.8 Å². The molecular weight excluding hydrogens is 362 g/mol. The van der Waals surface area contributed by atoms with Gasteiger partial charge >= 0.3 is 0 Å². The van der Waals surface area contributed by atoms with Gasteiger partial charge in [0, 0.05) is 41.2 Å². The largest absolute Gasteiger partial charge is 0.390 e. The van der Waals surface area contributed by atoms with E-state index >= 15 is 0 Å². The van der Waals surface area contributed by atoms with Gasteiger partial charge in [-0.2, -0.15) is 5.10 Å². The molecule has 4 rings (SSSR count). The minimum atomic E-state index is -2.88. The zero-order valence-electron chi connectivity index (χ0n) is 14.5. The van der Waals surface area contributed by atoms with Crippen molar-refractivity contribution in [3.8, 4) is 10.4 Å². The number of anilines is 1. The zero-order chi connectivity index (χ0) is 18.7. The number of nitrogens with one attached hydrogen (secondary N) is 2. The molecule has 2 aromatic rings. The quantitative estimate of drug-likeness (QED) is 0.762. The molecule has 2 aromatic heterocycles. The Balaban J connectivity index is 1.80. The first-order chi connectivity index (χ1) is 12.1. The normalized spacial score (nSPS) is 22.0. The number of nitrogens with zero attached hydrogens (tertiary/aromatic N) is 2. The fourth-order valence-corrected chi connectivity index (χ4v) is 5.05. The molecule has 0 saturated heterocycles. The third kappa shape index (κ3) is 3.09. The van der Waals surface area contributed by atoms with Crippen molar-refractivity contribution in [3.05, 3.63) is 22.8 Å². The molecule has 3 N–H and O–H groups in total. The molecule has 2 aliphatic rings. The van der Waals surface area contributed by atoms with Crippen LogP contribution >= 0.6 is 11.3 Å². The lowest BCUT2D eigenvalue weighted by atomic mass is 9.96. The van der Waals surface area contributed by atoms with Crippen molar-refractivity contribution >= 4 is 22.9 Å². The lowest BCUT2D eigenvalue weighted by Gasteiger charge is -2.36. The van der Waals surface area contributed by atoms with Crippen LogP contribution in [0.5, 0.6) is 0 Å². The standard InChI is InChI=1S/C17H20F2N4O2S/c1-16(2,25)3-10-7-23-8-17(18,19)4-11-12(23)14(15(24)22-10)26-13(11)9-5-20-21-6-9/h5-6,10,25H,3-4,7-8H2,1-2H3,(H,20,21)(H,22,24). The fourth-order valence-electron chi connectivity index (χ4n) is 3.83. The molecule has 6 nitrogen and oxygen atoms in total. The molecule has 2 aliphatic heterocycles. The Morgan fingerprint density at radius 2 is 2.23 bits per heavy atom. The van der Waals surface area contributed by atoms with Gasteiger partial charge in [-0.25, -0.2) is 8.78 Å². The molecule has 1 atom stereocenters. The number of amides is 1. The number of aromatic nitrogens is 2. The monoisotopic (exact) mass is 382 g/mol. The molecule has 0 saturated carbocycles. The number of rotatable bonds is 3. The SMILES string of the molecule is CC(C)(O)CC1CN2CC(F)(F)Cc3c(-c4cn[nH]c4)sc(c32)C(=O)N1. The van der Waals surface area contributed by atoms with E-state index < -0.39 is 24.1 Å². The van der Waals surface area contributed by atoms with E-state index in [0.717, 1.165) is 0 Å². The van der Waals surface area contributed by atoms with Crippen molar-refractivity contribution in [2.75, 3.05) is 18.0 Å². The van der Waals surface area contributed by atoms with Gasteiger partial charge in [-0.1, -0.05) is 0 Å². The summed E-state index contributed by atoms with van der Waals surface area (Å²) in [5.41, 5.74) is 0.810. The number of carbonyl (C=O) groups excluding carboxylic acids is 1. The van der Waals surface area contributed by atoms with Crippen molar-refractivity contribution < 1.29 is 18.7 Å². The van der Waals surface area contributed by atoms with Crippen molar-refractivity contribution in [2.24, 2.45) is 0 Å². The number of halogens is 2. The number of alkyl halides is 2. The molecule has 4 heterocycles. The molecule has 1 unspecified atom stereocenters. The highest BCUT2D eigenvalue weighted by Gasteiger charge is 2.45. The van der Waals surface area contributed by atoms with E-state index in [-0.39, 0.29) is 18.9 Å². The lowest BCUT2D eigenvalue weighted by molar-refractivity contribution is 0.00486. The number of aromatic amines is 1. The van der Waals surface area contributed by atoms with Gasteiger partial charge in [0.2, 0.25) is 0 Å². The summed E-state index contributed by atoms with van der Waals surface area (Å²) in [5, 5.41) is 19.6. The fraction of sp³-hybridized carbons (Fsp3) is 0.529. The second-order valence-electron chi connectivity index (χ2n) is 7.67. The second kappa shape index (κ2) is 5.75. The van der Waals surface area contributed by atoms with Crippen molar-refractivity contribution in [2.45, 2.75) is 44.3 Å². The third-order valence-electron chi connectivity index (χ3n) is 4.64. The van der Waals surface area contributed by atoms with Crippen LogP contribution in [0.1, 0.15) is 35.5 Å². The van der Waals surface area contributed by atoms with Crippen LogP contribution in [0, 0.1) is 0 Å². The number of thiophene rings is 1. The smallest absolute Gasteiger partial charge is 0.269 e. The van der Waals surface area contributed by atoms with Crippen molar-refractivity contribution in [1.29, 1.82) is 0 Å². The van der Waals surface area contributed by atoms with Gasteiger partial charge in [-0.05, 0) is 20.3 Å². The molecule has 26 heavy (non-hydrogen) atoms. The van der Waals surface area contributed by atoms with Gasteiger partial charge in [-0.3, -0.25) is 9.89 Å². The Labute approximate surface area is 153 Å². The molecule has 0 aliphatic carbocycles. The Morgan fingerprint density at radius 3 is 2.88 bits per heavy atom. The van der Waals surface area contributed by atoms with E-state index in [2.05, 4.69) is 15.5 Å². The number of H-pyrrole nitrogens is 1. The third-order valence-corrected chi connectivity index (χ3v) is 5.91. The molecule has 0 spiro atoms. The first-order valence-electron chi connectivity index (χ1n) is 8.44. The number of carbonyl (C=O) groups is 1. The van der Waals surface area contributed by atoms with E-state index in [4.69, 9.17) is 0 Å². The van der Waals surface area contributed by atoms with Crippen LogP contribution in [0.25, 0.3) is 10.4 Å². The second-order valence-corrected chi connectivity index (χ2v) is 8.70. The van der Waals surface area contributed by atoms with E-state index in [1.807, 2.05) is 0 Å². The van der Waals surface area contributed by atoms with Crippen molar-refractivity contribution in [1.82, 2.24) is 15.5 Å². The van der Waals surface area contributed by atoms with E-state index in [9.17, 15) is 18.7 Å². The average molecular weight is 382 g/mol. The van der Waals surface area contributed by atoms with Crippen LogP contribution in [0.2, 0.25) is 0 Å². The first kappa shape index (κ1) is 17.4. The van der Waals surface area contributed by atoms with Crippen LogP contribution < -0.4 is 10.2 Å². The van der Waals surface area contributed by atoms with Crippen LogP contribution in [-0.2, 0) is 6.42 Å². The topological polar surface area (TPSA) is 81.2 Å². The van der Waals surface area contributed by atoms with Crippen LogP contribution in [0.4, 0.5) is 14.5 Å². The summed E-state index contributed by atoms with van der Waals surface area (Å²) in [7, 11) is 0. The highest BCUT2D eigenvalue weighted by molar-refractivity contribution is 7.18. The maximum absolute atomic E-state index is 14.5. The summed E-state index contributed by atoms with van der Waals surface area (Å²) in [6.45, 7) is 3.11. The minimum absolute atomic E-state index is 0.243. The Hall–Kier alpha value is -2.00. The van der Waals surface area contributed by atoms with Crippen LogP contribution in [-0.4, -0.2) is 51.9 Å². The van der Waals surface area contributed by atoms with E-state index in [1.54, 1.807) is 31.1 Å². The maximum atomic E-state index is 14.5. The van der Waals surface area contributed by atoms with E-state index in [1.165, 1.54) is 11.3 Å². The number of aliphatic hydroxyl groups is 1. The lowest BCUT2D eigenvalue weighted by Crippen LogP contribution is -2.49. The predicted molar refractivity (Wildman–Crippen MR) is 94.9 cm³/mol. The molecule has 0 fully saturated rings. The number of hydrogen-bond donors (Lipinski definition) is 3. The Morgan fingerprint density at radius 1 is 1.46 bits per heavy atom. The Bertz CT molecular complexity index is 842. The summed E-state index contributed by atoms with van der Waals surface area (Å²) in [5.74, 6) is -3.15. The van der Waals surface area contributed by atoms with Gasteiger partial charge < -0.3 is 15.3 Å². The van der Waals surface area contributed by atoms with Gasteiger partial charge in [0.1, 0.15) is 4.88 Å². The van der Waals surface area contributed by atoms with E-state index in [0.29, 0.717) is 33.0 Å². The number of hydrogen-bond acceptors (Lipinski definition) is 5. The highest BCUT2D eigenvalue weighted by Crippen LogP contribution is 2.48. The average Bonchev–Trinajstić information content (AvgIpc) is 3.08. The van der Waals surface area contributed by atoms with Crippen LogP contribution in [0.15, 0.2) is 12.4 Å². The summed E-state index contributed by atoms with van der Waals surface area (Å²) in [4.78, 5) is 15.5. The van der Waals surface area contributed by atoms with Gasteiger partial charge in [0.15, 0.2) is 0 Å². The predicted octanol–water partition coefficient (Wildman–Crippen LogP) is 2.41. The molecule has 0 radical (unpaired) electrons. The summed E-state index contributed by atoms with van der Waals surface area (Å²) in [6, 6.07) is -0.402. The summed E-state index contributed by atoms with van der Waals surface area (Å²) in [6.07, 6.45) is 3.13. The molecule has 0 aromatic carbocycles. The van der Waals surface area contributed by atoms with Crippen molar-refractivity contribution in [3.63, 3.8) is 0 Å².